The maximum atomic E-state index is 12.6. The number of nitrogens with zero attached hydrogens (tertiary/aromatic N) is 3. The minimum absolute atomic E-state index is 0.127. The molecular weight excluding hydrogens is 470 g/mol. The highest BCUT2D eigenvalue weighted by atomic mass is 16.6. The summed E-state index contributed by atoms with van der Waals surface area (Å²) in [5.74, 6) is 2.50. The van der Waals surface area contributed by atoms with Crippen LogP contribution in [0.2, 0.25) is 0 Å². The zero-order chi connectivity index (χ0) is 25.7. The molecule has 0 aliphatic carbocycles. The van der Waals surface area contributed by atoms with Gasteiger partial charge in [-0.15, -0.1) is 0 Å². The van der Waals surface area contributed by atoms with Crippen molar-refractivity contribution in [3.8, 4) is 34.4 Å². The second-order valence-electron chi connectivity index (χ2n) is 7.61. The molecule has 0 bridgehead atoms. The Hall–Kier alpha value is -4.54. The van der Waals surface area contributed by atoms with Crippen LogP contribution in [0, 0.1) is 13.8 Å². The number of aromatic nitrogens is 3. The molecule has 4 rings (SSSR count). The smallest absolute Gasteiger partial charge is 0.338 e. The van der Waals surface area contributed by atoms with Gasteiger partial charge < -0.3 is 32.7 Å². The molecule has 0 fully saturated rings. The van der Waals surface area contributed by atoms with E-state index in [0.717, 1.165) is 11.3 Å². The molecule has 11 nitrogen and oxygen atoms in total. The van der Waals surface area contributed by atoms with E-state index in [2.05, 4.69) is 15.3 Å². The topological polar surface area (TPSA) is 128 Å². The van der Waals surface area contributed by atoms with E-state index < -0.39 is 5.97 Å². The fourth-order valence-corrected chi connectivity index (χ4v) is 3.39. The van der Waals surface area contributed by atoms with E-state index in [4.69, 9.17) is 32.7 Å². The summed E-state index contributed by atoms with van der Waals surface area (Å²) in [6.07, 6.45) is 0. The van der Waals surface area contributed by atoms with Gasteiger partial charge in [0.2, 0.25) is 5.82 Å². The molecule has 0 atom stereocenters. The van der Waals surface area contributed by atoms with Crippen LogP contribution in [0.4, 0.5) is 0 Å². The molecule has 0 radical (unpaired) electrons. The number of aryl methyl sites for hydroxylation is 2. The molecule has 2 heterocycles. The first kappa shape index (κ1) is 24.6. The Morgan fingerprint density at radius 3 is 2.36 bits per heavy atom. The van der Waals surface area contributed by atoms with Crippen LogP contribution in [-0.4, -0.2) is 42.6 Å². The first-order chi connectivity index (χ1) is 17.4. The second kappa shape index (κ2) is 10.8. The van der Waals surface area contributed by atoms with Crippen LogP contribution in [-0.2, 0) is 18.0 Å². The molecule has 36 heavy (non-hydrogen) atoms. The minimum Gasteiger partial charge on any atom is -0.497 e. The van der Waals surface area contributed by atoms with Crippen LogP contribution < -0.4 is 18.9 Å². The van der Waals surface area contributed by atoms with Crippen molar-refractivity contribution in [2.24, 2.45) is 0 Å². The van der Waals surface area contributed by atoms with Gasteiger partial charge in [-0.2, -0.15) is 4.98 Å². The summed E-state index contributed by atoms with van der Waals surface area (Å²) in [5.41, 5.74) is 2.48. The second-order valence-corrected chi connectivity index (χ2v) is 7.61. The summed E-state index contributed by atoms with van der Waals surface area (Å²) in [4.78, 5) is 16.9. The van der Waals surface area contributed by atoms with Gasteiger partial charge in [0.25, 0.3) is 5.89 Å². The fraction of sp³-hybridized carbons (Fsp3) is 0.280. The van der Waals surface area contributed by atoms with Gasteiger partial charge >= 0.3 is 5.97 Å². The average Bonchev–Trinajstić information content (AvgIpc) is 3.51. The molecule has 188 valence electrons. The maximum Gasteiger partial charge on any atom is 0.338 e. The highest BCUT2D eigenvalue weighted by molar-refractivity contribution is 5.90. The summed E-state index contributed by atoms with van der Waals surface area (Å²) in [5, 5.41) is 7.86. The minimum atomic E-state index is -0.590. The molecule has 4 aromatic rings. The summed E-state index contributed by atoms with van der Waals surface area (Å²) in [6, 6.07) is 9.96. The Kier molecular flexibility index (Phi) is 7.38. The Morgan fingerprint density at radius 2 is 1.67 bits per heavy atom. The molecule has 0 unspecified atom stereocenters. The molecule has 11 heteroatoms. The lowest BCUT2D eigenvalue weighted by molar-refractivity contribution is 0.0429. The van der Waals surface area contributed by atoms with Crippen molar-refractivity contribution in [3.05, 3.63) is 64.9 Å². The van der Waals surface area contributed by atoms with Crippen molar-refractivity contribution in [2.75, 3.05) is 21.3 Å². The van der Waals surface area contributed by atoms with Crippen molar-refractivity contribution in [2.45, 2.75) is 27.1 Å². The number of carbonyl (C=O) groups excluding carboxylic acids is 1. The highest BCUT2D eigenvalue weighted by Crippen LogP contribution is 2.32. The Morgan fingerprint density at radius 1 is 0.861 bits per heavy atom. The fourth-order valence-electron chi connectivity index (χ4n) is 3.39. The van der Waals surface area contributed by atoms with Crippen LogP contribution in [0.25, 0.3) is 11.4 Å². The Labute approximate surface area is 206 Å². The van der Waals surface area contributed by atoms with E-state index >= 15 is 0 Å². The summed E-state index contributed by atoms with van der Waals surface area (Å²) in [6.45, 7) is 3.69. The van der Waals surface area contributed by atoms with E-state index in [1.54, 1.807) is 37.4 Å². The third-order valence-electron chi connectivity index (χ3n) is 5.40. The van der Waals surface area contributed by atoms with Crippen LogP contribution >= 0.6 is 0 Å². The quantitative estimate of drug-likeness (QED) is 0.292. The molecular formula is C25H25N3O8. The van der Waals surface area contributed by atoms with Crippen molar-refractivity contribution in [1.82, 2.24) is 15.3 Å². The monoisotopic (exact) mass is 495 g/mol. The van der Waals surface area contributed by atoms with E-state index in [-0.39, 0.29) is 24.7 Å². The first-order valence-corrected chi connectivity index (χ1v) is 10.9. The number of carbonyl (C=O) groups is 1. The molecule has 0 amide bonds. The zero-order valence-corrected chi connectivity index (χ0v) is 20.5. The van der Waals surface area contributed by atoms with Gasteiger partial charge in [0.05, 0.1) is 43.7 Å². The van der Waals surface area contributed by atoms with E-state index in [1.807, 2.05) is 13.8 Å². The third-order valence-corrected chi connectivity index (χ3v) is 5.40. The van der Waals surface area contributed by atoms with Gasteiger partial charge in [-0.3, -0.25) is 0 Å². The number of esters is 1. The molecule has 0 aliphatic heterocycles. The highest BCUT2D eigenvalue weighted by Gasteiger charge is 2.18. The number of benzene rings is 2. The van der Waals surface area contributed by atoms with Gasteiger partial charge in [-0.1, -0.05) is 10.3 Å². The summed E-state index contributed by atoms with van der Waals surface area (Å²) >= 11 is 0. The molecule has 0 saturated carbocycles. The van der Waals surface area contributed by atoms with Crippen LogP contribution in [0.3, 0.4) is 0 Å². The number of hydrogen-bond donors (Lipinski definition) is 0. The van der Waals surface area contributed by atoms with E-state index in [1.165, 1.54) is 20.3 Å². The third kappa shape index (κ3) is 5.24. The number of hydrogen-bond acceptors (Lipinski definition) is 11. The Bertz CT molecular complexity index is 1340. The first-order valence-electron chi connectivity index (χ1n) is 10.9. The van der Waals surface area contributed by atoms with Gasteiger partial charge in [0.1, 0.15) is 23.9 Å². The molecule has 2 aromatic carbocycles. The van der Waals surface area contributed by atoms with Crippen LogP contribution in [0.15, 0.2) is 45.4 Å². The lowest BCUT2D eigenvalue weighted by Gasteiger charge is -2.12. The van der Waals surface area contributed by atoms with Crippen LogP contribution in [0.1, 0.15) is 33.3 Å². The SMILES string of the molecule is COc1ccc(-c2noc(COC(=O)c3ccc(OCc4c(C)noc4C)c(OC)c3)n2)c(OC)c1. The number of rotatable bonds is 10. The Balaban J connectivity index is 1.40. The van der Waals surface area contributed by atoms with E-state index in [9.17, 15) is 4.79 Å². The lowest BCUT2D eigenvalue weighted by atomic mass is 10.2. The number of methoxy groups -OCH3 is 3. The van der Waals surface area contributed by atoms with Crippen molar-refractivity contribution < 1.29 is 37.5 Å². The van der Waals surface area contributed by atoms with Crippen molar-refractivity contribution in [1.29, 1.82) is 0 Å². The average molecular weight is 495 g/mol. The summed E-state index contributed by atoms with van der Waals surface area (Å²) in [7, 11) is 4.58. The molecule has 2 aromatic heterocycles. The van der Waals surface area contributed by atoms with Crippen molar-refractivity contribution in [3.63, 3.8) is 0 Å². The largest absolute Gasteiger partial charge is 0.497 e. The molecule has 0 saturated heterocycles. The number of ether oxygens (including phenoxy) is 5. The van der Waals surface area contributed by atoms with Gasteiger partial charge in [-0.05, 0) is 44.2 Å². The standard InChI is InChI=1S/C25H25N3O8/c1-14-19(15(2)35-27-14)12-33-20-9-6-16(10-22(20)32-5)25(29)34-13-23-26-24(28-36-23)18-8-7-17(30-3)11-21(18)31-4/h6-11H,12-13H2,1-5H3. The van der Waals surface area contributed by atoms with Crippen LogP contribution in [0.5, 0.6) is 23.0 Å². The van der Waals surface area contributed by atoms with Gasteiger partial charge in [0, 0.05) is 6.07 Å². The lowest BCUT2D eigenvalue weighted by Crippen LogP contribution is -2.06. The normalized spacial score (nSPS) is 10.7. The molecule has 0 aliphatic rings. The zero-order valence-electron chi connectivity index (χ0n) is 20.5. The molecule has 0 spiro atoms. The maximum absolute atomic E-state index is 12.6. The predicted octanol–water partition coefficient (Wildman–Crippen LogP) is 4.30. The van der Waals surface area contributed by atoms with Gasteiger partial charge in [0.15, 0.2) is 18.1 Å². The summed E-state index contributed by atoms with van der Waals surface area (Å²) < 4.78 is 37.5. The predicted molar refractivity (Wildman–Crippen MR) is 125 cm³/mol. The van der Waals surface area contributed by atoms with Crippen molar-refractivity contribution >= 4 is 5.97 Å². The van der Waals surface area contributed by atoms with E-state index in [0.29, 0.717) is 40.1 Å². The molecule has 0 N–H and O–H groups in total. The van der Waals surface area contributed by atoms with Gasteiger partial charge in [-0.25, -0.2) is 4.79 Å².